The number of phosphoric acid groups is 1. The van der Waals surface area contributed by atoms with Crippen molar-refractivity contribution in [2.24, 2.45) is 0 Å². The number of carbonyl (C=O) groups excluding carboxylic acids is 2. The largest absolute Gasteiger partial charge is 0.472 e. The van der Waals surface area contributed by atoms with Crippen molar-refractivity contribution in [1.29, 1.82) is 0 Å². The molecule has 328 valence electrons. The molecule has 1 N–H and O–H groups in total. The minimum atomic E-state index is -4.38. The minimum absolute atomic E-state index is 0.00277. The monoisotopic (exact) mass is 820 g/mol. The Balaban J connectivity index is 4.35. The first-order valence-corrected chi connectivity index (χ1v) is 23.7. The van der Waals surface area contributed by atoms with Crippen LogP contribution in [0, 0.1) is 0 Å². The van der Waals surface area contributed by atoms with Crippen molar-refractivity contribution in [2.45, 2.75) is 174 Å². The van der Waals surface area contributed by atoms with Gasteiger partial charge in [-0.3, -0.25) is 18.6 Å². The van der Waals surface area contributed by atoms with Crippen LogP contribution in [0.1, 0.15) is 168 Å². The average molecular weight is 820 g/mol. The lowest BCUT2D eigenvalue weighted by Gasteiger charge is -2.20. The molecule has 0 radical (unpaired) electrons. The number of likely N-dealkylation sites (N-methyl/N-ethyl adjacent to an activating group) is 1. The normalized spacial score (nSPS) is 14.1. The van der Waals surface area contributed by atoms with Crippen molar-refractivity contribution in [1.82, 2.24) is 4.90 Å². The van der Waals surface area contributed by atoms with Gasteiger partial charge in [-0.1, -0.05) is 145 Å². The molecule has 0 spiro atoms. The van der Waals surface area contributed by atoms with Gasteiger partial charge >= 0.3 is 19.8 Å². The van der Waals surface area contributed by atoms with E-state index in [4.69, 9.17) is 18.5 Å². The Morgan fingerprint density at radius 2 is 1.00 bits per heavy atom. The van der Waals surface area contributed by atoms with Crippen LogP contribution in [0.5, 0.6) is 0 Å². The molecule has 2 atom stereocenters. The minimum Gasteiger partial charge on any atom is -0.462 e. The first kappa shape index (κ1) is 54.5. The molecule has 0 bridgehead atoms. The fourth-order valence-corrected chi connectivity index (χ4v) is 6.33. The van der Waals surface area contributed by atoms with Gasteiger partial charge in [0.2, 0.25) is 0 Å². The maximum absolute atomic E-state index is 12.7. The maximum atomic E-state index is 12.7. The van der Waals surface area contributed by atoms with Gasteiger partial charge in [-0.25, -0.2) is 4.57 Å². The predicted molar refractivity (Wildman–Crippen MR) is 238 cm³/mol. The Morgan fingerprint density at radius 1 is 0.561 bits per heavy atom. The van der Waals surface area contributed by atoms with Crippen LogP contribution in [-0.2, 0) is 32.7 Å². The van der Waals surface area contributed by atoms with E-state index in [1.54, 1.807) is 0 Å². The van der Waals surface area contributed by atoms with E-state index in [2.05, 4.69) is 86.8 Å². The van der Waals surface area contributed by atoms with Crippen LogP contribution in [0.3, 0.4) is 0 Å². The van der Waals surface area contributed by atoms with Gasteiger partial charge in [-0.15, -0.1) is 0 Å². The van der Waals surface area contributed by atoms with Gasteiger partial charge in [0.05, 0.1) is 13.2 Å². The molecule has 0 rings (SSSR count). The third-order valence-corrected chi connectivity index (χ3v) is 9.98. The number of allylic oxidation sites excluding steroid dienone is 12. The smallest absolute Gasteiger partial charge is 0.462 e. The van der Waals surface area contributed by atoms with E-state index >= 15 is 0 Å². The lowest BCUT2D eigenvalue weighted by Crippen LogP contribution is -2.29. The topological polar surface area (TPSA) is 112 Å². The molecule has 0 heterocycles. The Hall–Kier alpha value is -2.55. The SMILES string of the molecule is CC/C=C\C/C=C\C/C=C\C/C=C\CCCCCCC(=O)OC(COC(=O)CCCCCCCCC/C=C\C/C=C\CCCCC)COP(=O)(O)OCCN(C)C. The van der Waals surface area contributed by atoms with Gasteiger partial charge in [0, 0.05) is 19.4 Å². The number of carbonyl (C=O) groups is 2. The predicted octanol–water partition coefficient (Wildman–Crippen LogP) is 12.9. The Labute approximate surface area is 348 Å². The molecule has 0 aliphatic rings. The molecule has 0 saturated carbocycles. The molecule has 0 saturated heterocycles. The number of phosphoric ester groups is 1. The Morgan fingerprint density at radius 3 is 1.49 bits per heavy atom. The van der Waals surface area contributed by atoms with Crippen LogP contribution in [0.4, 0.5) is 0 Å². The molecule has 9 nitrogen and oxygen atoms in total. The lowest BCUT2D eigenvalue weighted by molar-refractivity contribution is -0.161. The van der Waals surface area contributed by atoms with Crippen LogP contribution in [0.2, 0.25) is 0 Å². The third-order valence-electron chi connectivity index (χ3n) is 9.00. The molecule has 0 aromatic carbocycles. The van der Waals surface area contributed by atoms with Gasteiger partial charge in [0.25, 0.3) is 0 Å². The summed E-state index contributed by atoms with van der Waals surface area (Å²) < 4.78 is 33.5. The molecule has 0 fully saturated rings. The summed E-state index contributed by atoms with van der Waals surface area (Å²) >= 11 is 0. The number of unbranched alkanes of at least 4 members (excludes halogenated alkanes) is 14. The standard InChI is InChI=1S/C47H82NO8P/c1-5-7-9-11-13-15-17-19-21-23-25-27-29-31-33-35-37-39-46(49)53-43-45(44-55-57(51,52)54-42-41-48(3)4)56-47(50)40-38-36-34-32-30-28-26-24-22-20-18-16-14-12-10-8-6-2/h8,10,13-16,19-22,26,28,45H,5-7,9,11-12,17-18,23-25,27,29-44H2,1-4H3,(H,51,52)/b10-8-,15-13-,16-14-,21-19-,22-20-,28-26-. The maximum Gasteiger partial charge on any atom is 0.472 e. The van der Waals surface area contributed by atoms with E-state index in [0.29, 0.717) is 13.0 Å². The number of hydrogen-bond donors (Lipinski definition) is 1. The molecule has 0 aromatic rings. The van der Waals surface area contributed by atoms with Gasteiger partial charge in [0.15, 0.2) is 6.10 Å². The highest BCUT2D eigenvalue weighted by atomic mass is 31.2. The van der Waals surface area contributed by atoms with Crippen LogP contribution >= 0.6 is 7.82 Å². The zero-order valence-corrected chi connectivity index (χ0v) is 37.4. The quantitative estimate of drug-likeness (QED) is 0.0279. The van der Waals surface area contributed by atoms with Crippen molar-refractivity contribution in [3.63, 3.8) is 0 Å². The fraction of sp³-hybridized carbons (Fsp3) is 0.702. The van der Waals surface area contributed by atoms with Gasteiger partial charge < -0.3 is 19.3 Å². The molecule has 2 unspecified atom stereocenters. The summed E-state index contributed by atoms with van der Waals surface area (Å²) in [7, 11) is -0.738. The van der Waals surface area contributed by atoms with Crippen LogP contribution in [0.15, 0.2) is 72.9 Å². The van der Waals surface area contributed by atoms with Crippen molar-refractivity contribution in [3.05, 3.63) is 72.9 Å². The Bertz CT molecular complexity index is 1180. The zero-order chi connectivity index (χ0) is 41.9. The number of hydrogen-bond acceptors (Lipinski definition) is 8. The average Bonchev–Trinajstić information content (AvgIpc) is 3.18. The van der Waals surface area contributed by atoms with Gasteiger partial charge in [-0.2, -0.15) is 0 Å². The first-order chi connectivity index (χ1) is 27.7. The first-order valence-electron chi connectivity index (χ1n) is 22.2. The van der Waals surface area contributed by atoms with Crippen molar-refractivity contribution < 1.29 is 37.6 Å². The highest BCUT2D eigenvalue weighted by Crippen LogP contribution is 2.43. The fourth-order valence-electron chi connectivity index (χ4n) is 5.59. The summed E-state index contributed by atoms with van der Waals surface area (Å²) in [6.07, 6.45) is 49.4. The molecule has 0 amide bonds. The summed E-state index contributed by atoms with van der Waals surface area (Å²) in [6, 6.07) is 0. The highest BCUT2D eigenvalue weighted by molar-refractivity contribution is 7.47. The Kier molecular flexibility index (Phi) is 39.7. The zero-order valence-electron chi connectivity index (χ0n) is 36.5. The van der Waals surface area contributed by atoms with E-state index in [1.807, 2.05) is 19.0 Å². The molecular formula is C47H82NO8P. The van der Waals surface area contributed by atoms with Crippen molar-refractivity contribution in [3.8, 4) is 0 Å². The third kappa shape index (κ3) is 42.9. The number of esters is 2. The van der Waals surface area contributed by atoms with E-state index in [-0.39, 0.29) is 32.0 Å². The summed E-state index contributed by atoms with van der Waals surface area (Å²) in [5, 5.41) is 0. The number of rotatable bonds is 40. The van der Waals surface area contributed by atoms with Crippen LogP contribution < -0.4 is 0 Å². The molecule has 0 aliphatic carbocycles. The van der Waals surface area contributed by atoms with E-state index in [1.165, 1.54) is 44.9 Å². The van der Waals surface area contributed by atoms with Crippen LogP contribution in [-0.4, -0.2) is 68.3 Å². The van der Waals surface area contributed by atoms with E-state index in [0.717, 1.165) is 89.9 Å². The van der Waals surface area contributed by atoms with Gasteiger partial charge in [-0.05, 0) is 97.6 Å². The lowest BCUT2D eigenvalue weighted by atomic mass is 10.1. The summed E-state index contributed by atoms with van der Waals surface area (Å²) in [6.45, 7) is 4.13. The number of nitrogens with zero attached hydrogens (tertiary/aromatic N) is 1. The van der Waals surface area contributed by atoms with Crippen molar-refractivity contribution >= 4 is 19.8 Å². The van der Waals surface area contributed by atoms with E-state index < -0.39 is 26.5 Å². The van der Waals surface area contributed by atoms with Crippen molar-refractivity contribution in [2.75, 3.05) is 40.5 Å². The second-order valence-corrected chi connectivity index (χ2v) is 16.3. The summed E-state index contributed by atoms with van der Waals surface area (Å²) in [4.78, 5) is 37.1. The summed E-state index contributed by atoms with van der Waals surface area (Å²) in [5.74, 6) is -0.845. The molecule has 0 aliphatic heterocycles. The summed E-state index contributed by atoms with van der Waals surface area (Å²) in [5.41, 5.74) is 0. The number of ether oxygens (including phenoxy) is 2. The van der Waals surface area contributed by atoms with E-state index in [9.17, 15) is 19.0 Å². The molecule has 10 heteroatoms. The highest BCUT2D eigenvalue weighted by Gasteiger charge is 2.26. The second-order valence-electron chi connectivity index (χ2n) is 14.8. The molecule has 57 heavy (non-hydrogen) atoms. The van der Waals surface area contributed by atoms with Crippen LogP contribution in [0.25, 0.3) is 0 Å². The molecule has 0 aromatic heterocycles. The molecular weight excluding hydrogens is 737 g/mol. The van der Waals surface area contributed by atoms with Gasteiger partial charge in [0.1, 0.15) is 6.61 Å². The second kappa shape index (κ2) is 41.6.